The summed E-state index contributed by atoms with van der Waals surface area (Å²) < 4.78 is 33.8. The minimum atomic E-state index is -4.11. The molecule has 0 radical (unpaired) electrons. The first-order valence-electron chi connectivity index (χ1n) is 5.93. The Morgan fingerprint density at radius 2 is 2.20 bits per heavy atom. The van der Waals surface area contributed by atoms with Gasteiger partial charge in [-0.3, -0.25) is 10.1 Å². The van der Waals surface area contributed by atoms with Crippen LogP contribution in [-0.2, 0) is 14.8 Å². The Kier molecular flexibility index (Phi) is 4.21. The van der Waals surface area contributed by atoms with Crippen molar-refractivity contribution in [3.05, 3.63) is 28.3 Å². The van der Waals surface area contributed by atoms with Crippen molar-refractivity contribution in [2.75, 3.05) is 13.2 Å². The summed E-state index contributed by atoms with van der Waals surface area (Å²) in [6.45, 7) is 0.989. The Labute approximate surface area is 115 Å². The van der Waals surface area contributed by atoms with E-state index >= 15 is 0 Å². The molecule has 2 rings (SSSR count). The molecule has 1 aromatic rings. The summed E-state index contributed by atoms with van der Waals surface area (Å²) in [5.41, 5.74) is -0.360. The standard InChI is InChI=1S/C11H14N2O6S/c12-20(16,17)11-6-8(13(14)15)3-4-10(11)19-9-2-1-5-18-7-9/h3-4,6,9H,1-2,5,7H2,(H2,12,16,17). The maximum Gasteiger partial charge on any atom is 0.271 e. The second-order valence-corrected chi connectivity index (χ2v) is 5.92. The lowest BCUT2D eigenvalue weighted by Gasteiger charge is -2.24. The Hall–Kier alpha value is -1.71. The fourth-order valence-corrected chi connectivity index (χ4v) is 2.60. The Morgan fingerprint density at radius 3 is 2.75 bits per heavy atom. The van der Waals surface area contributed by atoms with Gasteiger partial charge in [0.1, 0.15) is 16.7 Å². The lowest BCUT2D eigenvalue weighted by Crippen LogP contribution is -2.29. The molecule has 0 amide bonds. The average molecular weight is 302 g/mol. The van der Waals surface area contributed by atoms with Crippen LogP contribution >= 0.6 is 0 Å². The van der Waals surface area contributed by atoms with Crippen molar-refractivity contribution < 1.29 is 22.8 Å². The van der Waals surface area contributed by atoms with Gasteiger partial charge in [0.2, 0.25) is 10.0 Å². The third-order valence-corrected chi connectivity index (χ3v) is 3.79. The number of hydrogen-bond donors (Lipinski definition) is 1. The van der Waals surface area contributed by atoms with Gasteiger partial charge in [0, 0.05) is 18.7 Å². The molecule has 1 atom stereocenters. The monoisotopic (exact) mass is 302 g/mol. The molecule has 2 N–H and O–H groups in total. The fourth-order valence-electron chi connectivity index (χ4n) is 1.91. The highest BCUT2D eigenvalue weighted by molar-refractivity contribution is 7.89. The zero-order valence-electron chi connectivity index (χ0n) is 10.5. The van der Waals surface area contributed by atoms with Gasteiger partial charge < -0.3 is 9.47 Å². The van der Waals surface area contributed by atoms with Gasteiger partial charge in [-0.1, -0.05) is 0 Å². The number of nitrogens with zero attached hydrogens (tertiary/aromatic N) is 1. The van der Waals surface area contributed by atoms with Crippen LogP contribution in [0, 0.1) is 10.1 Å². The SMILES string of the molecule is NS(=O)(=O)c1cc([N+](=O)[O-])ccc1OC1CCCOC1. The summed E-state index contributed by atoms with van der Waals surface area (Å²) in [6, 6.07) is 3.31. The maximum atomic E-state index is 11.5. The lowest BCUT2D eigenvalue weighted by molar-refractivity contribution is -0.385. The largest absolute Gasteiger partial charge is 0.487 e. The van der Waals surface area contributed by atoms with Crippen LogP contribution in [0.2, 0.25) is 0 Å². The molecule has 1 aromatic carbocycles. The molecule has 1 heterocycles. The highest BCUT2D eigenvalue weighted by Crippen LogP contribution is 2.29. The van der Waals surface area contributed by atoms with Crippen LogP contribution in [0.15, 0.2) is 23.1 Å². The average Bonchev–Trinajstić information content (AvgIpc) is 2.39. The predicted molar refractivity (Wildman–Crippen MR) is 68.9 cm³/mol. The maximum absolute atomic E-state index is 11.5. The first kappa shape index (κ1) is 14.7. The quantitative estimate of drug-likeness (QED) is 0.648. The number of ether oxygens (including phenoxy) is 2. The van der Waals surface area contributed by atoms with E-state index < -0.39 is 19.8 Å². The van der Waals surface area contributed by atoms with Gasteiger partial charge in [0.05, 0.1) is 11.5 Å². The number of rotatable bonds is 4. The molecule has 0 aliphatic carbocycles. The second-order valence-electron chi connectivity index (χ2n) is 4.39. The third-order valence-electron chi connectivity index (χ3n) is 2.86. The van der Waals surface area contributed by atoms with Crippen LogP contribution < -0.4 is 9.88 Å². The van der Waals surface area contributed by atoms with Gasteiger partial charge in [-0.25, -0.2) is 13.6 Å². The van der Waals surface area contributed by atoms with Crippen LogP contribution in [0.25, 0.3) is 0 Å². The topological polar surface area (TPSA) is 122 Å². The number of hydrogen-bond acceptors (Lipinski definition) is 6. The fraction of sp³-hybridized carbons (Fsp3) is 0.455. The predicted octanol–water partition coefficient (Wildman–Crippen LogP) is 0.800. The molecular formula is C11H14N2O6S. The summed E-state index contributed by atoms with van der Waals surface area (Å²) in [5, 5.41) is 15.8. The first-order valence-corrected chi connectivity index (χ1v) is 7.48. The number of sulfonamides is 1. The van der Waals surface area contributed by atoms with E-state index in [9.17, 15) is 18.5 Å². The van der Waals surface area contributed by atoms with Crippen molar-refractivity contribution in [2.45, 2.75) is 23.8 Å². The smallest absolute Gasteiger partial charge is 0.271 e. The van der Waals surface area contributed by atoms with E-state index in [4.69, 9.17) is 14.6 Å². The Morgan fingerprint density at radius 1 is 1.45 bits per heavy atom. The van der Waals surface area contributed by atoms with Crippen LogP contribution in [0.1, 0.15) is 12.8 Å². The molecule has 0 spiro atoms. The molecule has 0 bridgehead atoms. The van der Waals surface area contributed by atoms with Gasteiger partial charge >= 0.3 is 0 Å². The van der Waals surface area contributed by atoms with Crippen LogP contribution in [0.5, 0.6) is 5.75 Å². The van der Waals surface area contributed by atoms with Crippen molar-refractivity contribution >= 4 is 15.7 Å². The van der Waals surface area contributed by atoms with Gasteiger partial charge in [-0.15, -0.1) is 0 Å². The van der Waals surface area contributed by atoms with Crippen molar-refractivity contribution in [1.82, 2.24) is 0 Å². The molecule has 8 nitrogen and oxygen atoms in total. The number of nitro benzene ring substituents is 1. The van der Waals surface area contributed by atoms with E-state index in [2.05, 4.69) is 0 Å². The highest BCUT2D eigenvalue weighted by atomic mass is 32.2. The summed E-state index contributed by atoms with van der Waals surface area (Å²) in [4.78, 5) is 9.61. The molecule has 9 heteroatoms. The summed E-state index contributed by atoms with van der Waals surface area (Å²) >= 11 is 0. The first-order chi connectivity index (χ1) is 9.38. The zero-order valence-corrected chi connectivity index (χ0v) is 11.3. The van der Waals surface area contributed by atoms with Crippen molar-refractivity contribution in [3.8, 4) is 5.75 Å². The molecule has 20 heavy (non-hydrogen) atoms. The number of primary sulfonamides is 1. The van der Waals surface area contributed by atoms with E-state index in [1.807, 2.05) is 0 Å². The number of nitrogens with two attached hydrogens (primary N) is 1. The minimum Gasteiger partial charge on any atom is -0.487 e. The van der Waals surface area contributed by atoms with E-state index in [1.54, 1.807) is 0 Å². The Balaban J connectivity index is 2.33. The van der Waals surface area contributed by atoms with Gasteiger partial charge in [-0.05, 0) is 18.9 Å². The molecule has 1 aliphatic heterocycles. The normalized spacial score (nSPS) is 19.6. The number of benzene rings is 1. The highest BCUT2D eigenvalue weighted by Gasteiger charge is 2.23. The molecule has 0 aromatic heterocycles. The molecule has 0 saturated carbocycles. The molecule has 110 valence electrons. The van der Waals surface area contributed by atoms with Crippen LogP contribution in [-0.4, -0.2) is 32.7 Å². The number of non-ortho nitro benzene ring substituents is 1. The minimum absolute atomic E-state index is 0.00796. The van der Waals surface area contributed by atoms with Gasteiger partial charge in [0.15, 0.2) is 0 Å². The van der Waals surface area contributed by atoms with Crippen molar-refractivity contribution in [1.29, 1.82) is 0 Å². The molecule has 1 unspecified atom stereocenters. The van der Waals surface area contributed by atoms with Gasteiger partial charge in [-0.2, -0.15) is 0 Å². The van der Waals surface area contributed by atoms with Crippen LogP contribution in [0.4, 0.5) is 5.69 Å². The summed E-state index contributed by atoms with van der Waals surface area (Å²) in [5.74, 6) is 0.00796. The summed E-state index contributed by atoms with van der Waals surface area (Å²) in [7, 11) is -4.11. The van der Waals surface area contributed by atoms with Crippen LogP contribution in [0.3, 0.4) is 0 Å². The zero-order chi connectivity index (χ0) is 14.8. The third kappa shape index (κ3) is 3.44. The molecular weight excluding hydrogens is 288 g/mol. The van der Waals surface area contributed by atoms with E-state index in [-0.39, 0.29) is 17.5 Å². The van der Waals surface area contributed by atoms with E-state index in [1.165, 1.54) is 12.1 Å². The Bertz CT molecular complexity index is 609. The summed E-state index contributed by atoms with van der Waals surface area (Å²) in [6.07, 6.45) is 1.24. The molecule has 1 saturated heterocycles. The second kappa shape index (κ2) is 5.73. The van der Waals surface area contributed by atoms with Crippen molar-refractivity contribution in [2.24, 2.45) is 5.14 Å². The number of nitro groups is 1. The van der Waals surface area contributed by atoms with E-state index in [0.29, 0.717) is 13.2 Å². The van der Waals surface area contributed by atoms with Gasteiger partial charge in [0.25, 0.3) is 5.69 Å². The molecule has 1 aliphatic rings. The molecule has 1 fully saturated rings. The van der Waals surface area contributed by atoms with E-state index in [0.717, 1.165) is 18.9 Å². The lowest BCUT2D eigenvalue weighted by atomic mass is 10.2. The van der Waals surface area contributed by atoms with Crippen molar-refractivity contribution in [3.63, 3.8) is 0 Å².